The number of halogens is 1. The summed E-state index contributed by atoms with van der Waals surface area (Å²) < 4.78 is 5.63. The molecule has 23 heavy (non-hydrogen) atoms. The predicted octanol–water partition coefficient (Wildman–Crippen LogP) is 1.91. The van der Waals surface area contributed by atoms with Gasteiger partial charge in [0.1, 0.15) is 0 Å². The lowest BCUT2D eigenvalue weighted by Crippen LogP contribution is -2.43. The fourth-order valence-electron chi connectivity index (χ4n) is 1.66. The van der Waals surface area contributed by atoms with Gasteiger partial charge < -0.3 is 4.74 Å². The highest BCUT2D eigenvalue weighted by Gasteiger charge is 2.13. The summed E-state index contributed by atoms with van der Waals surface area (Å²) in [5, 5.41) is 0. The van der Waals surface area contributed by atoms with E-state index in [0.29, 0.717) is 11.1 Å². The number of nitrogens with one attached hydrogen (secondary N) is 2. The Bertz CT molecular complexity index is 719. The first-order chi connectivity index (χ1) is 11.1. The van der Waals surface area contributed by atoms with Crippen LogP contribution in [0.2, 0.25) is 0 Å². The first-order valence-electron chi connectivity index (χ1n) is 6.64. The van der Waals surface area contributed by atoms with E-state index in [1.807, 2.05) is 22.6 Å². The van der Waals surface area contributed by atoms with Gasteiger partial charge in [-0.05, 0) is 46.9 Å². The Labute approximate surface area is 146 Å². The summed E-state index contributed by atoms with van der Waals surface area (Å²) in [6, 6.07) is 15.3. The Balaban J connectivity index is 1.78. The molecule has 0 aliphatic heterocycles. The summed E-state index contributed by atoms with van der Waals surface area (Å²) in [6.07, 6.45) is 0. The third kappa shape index (κ3) is 5.06. The lowest BCUT2D eigenvalue weighted by Gasteiger charge is -2.08. The molecular formula is C16H13IN2O4. The van der Waals surface area contributed by atoms with Crippen LogP contribution in [0.5, 0.6) is 0 Å². The molecule has 0 heterocycles. The lowest BCUT2D eigenvalue weighted by molar-refractivity contribution is -0.125. The standard InChI is InChI=1S/C16H13IN2O4/c17-13-9-5-4-8-12(13)16(22)23-10-14(20)18-19-15(21)11-6-2-1-3-7-11/h1-9H,10H2,(H,18,20)(H,19,21). The van der Waals surface area contributed by atoms with Crippen LogP contribution in [-0.2, 0) is 9.53 Å². The molecule has 0 fully saturated rings. The van der Waals surface area contributed by atoms with E-state index in [1.165, 1.54) is 0 Å². The number of hydrogen-bond donors (Lipinski definition) is 2. The molecule has 6 nitrogen and oxygen atoms in total. The van der Waals surface area contributed by atoms with E-state index in [0.717, 1.165) is 3.57 Å². The molecule has 0 atom stereocenters. The molecule has 0 saturated heterocycles. The second-order valence-electron chi connectivity index (χ2n) is 4.42. The smallest absolute Gasteiger partial charge is 0.339 e. The number of carbonyl (C=O) groups is 3. The predicted molar refractivity (Wildman–Crippen MR) is 91.5 cm³/mol. The van der Waals surface area contributed by atoms with Crippen molar-refractivity contribution in [3.05, 3.63) is 69.3 Å². The third-order valence-corrected chi connectivity index (χ3v) is 3.72. The molecule has 2 amide bonds. The Morgan fingerprint density at radius 3 is 2.26 bits per heavy atom. The van der Waals surface area contributed by atoms with Gasteiger partial charge in [-0.2, -0.15) is 0 Å². The van der Waals surface area contributed by atoms with Crippen molar-refractivity contribution in [2.45, 2.75) is 0 Å². The highest BCUT2D eigenvalue weighted by molar-refractivity contribution is 14.1. The maximum Gasteiger partial charge on any atom is 0.339 e. The monoisotopic (exact) mass is 424 g/mol. The number of rotatable bonds is 4. The zero-order chi connectivity index (χ0) is 16.7. The van der Waals surface area contributed by atoms with Crippen LogP contribution in [0.1, 0.15) is 20.7 Å². The van der Waals surface area contributed by atoms with Gasteiger partial charge in [-0.1, -0.05) is 30.3 Å². The molecule has 0 saturated carbocycles. The van der Waals surface area contributed by atoms with Crippen molar-refractivity contribution in [1.29, 1.82) is 0 Å². The molecule has 2 aromatic carbocycles. The van der Waals surface area contributed by atoms with Gasteiger partial charge in [0.2, 0.25) is 0 Å². The van der Waals surface area contributed by atoms with Crippen LogP contribution in [0.15, 0.2) is 54.6 Å². The Hall–Kier alpha value is -2.42. The van der Waals surface area contributed by atoms with Gasteiger partial charge in [-0.15, -0.1) is 0 Å². The lowest BCUT2D eigenvalue weighted by atomic mass is 10.2. The average molecular weight is 424 g/mol. The average Bonchev–Trinajstić information content (AvgIpc) is 2.58. The quantitative estimate of drug-likeness (QED) is 0.446. The van der Waals surface area contributed by atoms with Crippen molar-refractivity contribution in [2.24, 2.45) is 0 Å². The van der Waals surface area contributed by atoms with Crippen LogP contribution in [0.4, 0.5) is 0 Å². The highest BCUT2D eigenvalue weighted by atomic mass is 127. The molecule has 0 aliphatic rings. The first-order valence-corrected chi connectivity index (χ1v) is 7.71. The minimum absolute atomic E-state index is 0.384. The molecule has 0 bridgehead atoms. The summed E-state index contributed by atoms with van der Waals surface area (Å²) >= 11 is 2.01. The molecule has 2 N–H and O–H groups in total. The molecular weight excluding hydrogens is 411 g/mol. The van der Waals surface area contributed by atoms with Gasteiger partial charge in [0.15, 0.2) is 6.61 Å². The van der Waals surface area contributed by atoms with Crippen LogP contribution >= 0.6 is 22.6 Å². The van der Waals surface area contributed by atoms with Crippen molar-refractivity contribution in [3.8, 4) is 0 Å². The maximum atomic E-state index is 11.8. The van der Waals surface area contributed by atoms with Crippen LogP contribution in [-0.4, -0.2) is 24.4 Å². The number of hydrogen-bond acceptors (Lipinski definition) is 4. The summed E-state index contributed by atoms with van der Waals surface area (Å²) in [4.78, 5) is 35.1. The number of carbonyl (C=O) groups excluding carboxylic acids is 3. The molecule has 2 aromatic rings. The minimum atomic E-state index is -0.631. The van der Waals surface area contributed by atoms with E-state index in [4.69, 9.17) is 4.74 Å². The van der Waals surface area contributed by atoms with Gasteiger partial charge in [0.05, 0.1) is 5.56 Å². The SMILES string of the molecule is O=C(COC(=O)c1ccccc1I)NNC(=O)c1ccccc1. The Morgan fingerprint density at radius 1 is 0.913 bits per heavy atom. The molecule has 118 valence electrons. The molecule has 0 radical (unpaired) electrons. The van der Waals surface area contributed by atoms with E-state index < -0.39 is 24.4 Å². The summed E-state index contributed by atoms with van der Waals surface area (Å²) in [5.74, 6) is -1.68. The van der Waals surface area contributed by atoms with E-state index in [9.17, 15) is 14.4 Å². The van der Waals surface area contributed by atoms with Gasteiger partial charge in [-0.25, -0.2) is 4.79 Å². The molecule has 0 aliphatic carbocycles. The van der Waals surface area contributed by atoms with Gasteiger partial charge >= 0.3 is 5.97 Å². The van der Waals surface area contributed by atoms with Gasteiger partial charge in [0, 0.05) is 9.13 Å². The van der Waals surface area contributed by atoms with Crippen molar-refractivity contribution in [2.75, 3.05) is 6.61 Å². The number of amides is 2. The molecule has 7 heteroatoms. The number of benzene rings is 2. The second-order valence-corrected chi connectivity index (χ2v) is 5.59. The Morgan fingerprint density at radius 2 is 1.57 bits per heavy atom. The first kappa shape index (κ1) is 16.9. The summed E-state index contributed by atoms with van der Waals surface area (Å²) in [7, 11) is 0. The van der Waals surface area contributed by atoms with Crippen LogP contribution < -0.4 is 10.9 Å². The van der Waals surface area contributed by atoms with Crippen molar-refractivity contribution in [3.63, 3.8) is 0 Å². The van der Waals surface area contributed by atoms with Crippen LogP contribution in [0.3, 0.4) is 0 Å². The largest absolute Gasteiger partial charge is 0.452 e. The highest BCUT2D eigenvalue weighted by Crippen LogP contribution is 2.12. The second kappa shape index (κ2) is 8.28. The Kier molecular flexibility index (Phi) is 6.10. The van der Waals surface area contributed by atoms with Crippen LogP contribution in [0, 0.1) is 3.57 Å². The zero-order valence-corrected chi connectivity index (χ0v) is 14.1. The molecule has 2 rings (SSSR count). The molecule has 0 unspecified atom stereocenters. The zero-order valence-electron chi connectivity index (χ0n) is 11.9. The molecule has 0 aromatic heterocycles. The van der Waals surface area contributed by atoms with E-state index in [-0.39, 0.29) is 0 Å². The van der Waals surface area contributed by atoms with Crippen LogP contribution in [0.25, 0.3) is 0 Å². The van der Waals surface area contributed by atoms with Crippen molar-refractivity contribution in [1.82, 2.24) is 10.9 Å². The van der Waals surface area contributed by atoms with Crippen molar-refractivity contribution >= 4 is 40.4 Å². The third-order valence-electron chi connectivity index (χ3n) is 2.78. The van der Waals surface area contributed by atoms with E-state index in [2.05, 4.69) is 10.9 Å². The number of hydrazine groups is 1. The normalized spacial score (nSPS) is 9.78. The number of ether oxygens (including phenoxy) is 1. The van der Waals surface area contributed by atoms with Gasteiger partial charge in [-0.3, -0.25) is 20.4 Å². The topological polar surface area (TPSA) is 84.5 Å². The number of esters is 1. The fourth-order valence-corrected chi connectivity index (χ4v) is 2.27. The van der Waals surface area contributed by atoms with Gasteiger partial charge in [0.25, 0.3) is 11.8 Å². The summed E-state index contributed by atoms with van der Waals surface area (Å²) in [6.45, 7) is -0.487. The molecule has 0 spiro atoms. The maximum absolute atomic E-state index is 11.8. The minimum Gasteiger partial charge on any atom is -0.452 e. The summed E-state index contributed by atoms with van der Waals surface area (Å²) in [5.41, 5.74) is 5.22. The fraction of sp³-hybridized carbons (Fsp3) is 0.0625. The van der Waals surface area contributed by atoms with Crippen molar-refractivity contribution < 1.29 is 19.1 Å². The van der Waals surface area contributed by atoms with E-state index >= 15 is 0 Å². The van der Waals surface area contributed by atoms with E-state index in [1.54, 1.807) is 54.6 Å².